The summed E-state index contributed by atoms with van der Waals surface area (Å²) in [6.07, 6.45) is 0.933. The predicted molar refractivity (Wildman–Crippen MR) is 116 cm³/mol. The minimum absolute atomic E-state index is 0.0496. The van der Waals surface area contributed by atoms with E-state index in [1.807, 2.05) is 43.3 Å². The largest absolute Gasteiger partial charge is 0.338 e. The maximum Gasteiger partial charge on any atom is 0.240 e. The van der Waals surface area contributed by atoms with E-state index >= 15 is 0 Å². The summed E-state index contributed by atoms with van der Waals surface area (Å²) in [5.41, 5.74) is 5.77. The van der Waals surface area contributed by atoms with E-state index in [-0.39, 0.29) is 5.92 Å². The molecule has 0 saturated heterocycles. The SMILES string of the molecule is Cc1n[nH]c(C)c1CCN(C)Cc1nc(C(c2ccccc2)c2ccccc2)no1. The van der Waals surface area contributed by atoms with Crippen LogP contribution in [0.25, 0.3) is 0 Å². The number of hydrogen-bond acceptors (Lipinski definition) is 5. The zero-order chi connectivity index (χ0) is 20.9. The van der Waals surface area contributed by atoms with Crippen LogP contribution in [-0.2, 0) is 13.0 Å². The first-order chi connectivity index (χ1) is 14.6. The lowest BCUT2D eigenvalue weighted by molar-refractivity contribution is 0.268. The molecule has 2 aromatic carbocycles. The van der Waals surface area contributed by atoms with Crippen LogP contribution in [0.15, 0.2) is 65.2 Å². The molecule has 0 aliphatic heterocycles. The van der Waals surface area contributed by atoms with Crippen LogP contribution in [0.4, 0.5) is 0 Å². The van der Waals surface area contributed by atoms with Crippen LogP contribution in [0.5, 0.6) is 0 Å². The van der Waals surface area contributed by atoms with Crippen molar-refractivity contribution in [2.45, 2.75) is 32.7 Å². The van der Waals surface area contributed by atoms with E-state index in [0.29, 0.717) is 18.3 Å². The normalized spacial score (nSPS) is 11.5. The minimum atomic E-state index is -0.0496. The van der Waals surface area contributed by atoms with E-state index in [1.54, 1.807) is 0 Å². The van der Waals surface area contributed by atoms with Gasteiger partial charge in [0.05, 0.1) is 18.2 Å². The van der Waals surface area contributed by atoms with Gasteiger partial charge in [-0.1, -0.05) is 65.8 Å². The number of likely N-dealkylation sites (N-methyl/N-ethyl adjacent to an activating group) is 1. The molecule has 154 valence electrons. The number of aromatic amines is 1. The molecule has 2 heterocycles. The summed E-state index contributed by atoms with van der Waals surface area (Å²) in [7, 11) is 2.07. The minimum Gasteiger partial charge on any atom is -0.338 e. The number of H-pyrrole nitrogens is 1. The molecule has 0 aliphatic rings. The number of aromatic nitrogens is 4. The number of hydrogen-bond donors (Lipinski definition) is 1. The van der Waals surface area contributed by atoms with Crippen molar-refractivity contribution in [2.75, 3.05) is 13.6 Å². The standard InChI is InChI=1S/C24H27N5O/c1-17-21(18(2)27-26-17)14-15-29(3)16-22-25-24(28-30-22)23(19-10-6-4-7-11-19)20-12-8-5-9-13-20/h4-13,23H,14-16H2,1-3H3,(H,26,27). The molecule has 0 amide bonds. The van der Waals surface area contributed by atoms with Crippen LogP contribution in [-0.4, -0.2) is 38.8 Å². The fourth-order valence-corrected chi connectivity index (χ4v) is 3.79. The predicted octanol–water partition coefficient (Wildman–Crippen LogP) is 4.26. The van der Waals surface area contributed by atoms with E-state index in [0.717, 1.165) is 35.5 Å². The smallest absolute Gasteiger partial charge is 0.240 e. The Morgan fingerprint density at radius 1 is 0.967 bits per heavy atom. The molecule has 0 bridgehead atoms. The van der Waals surface area contributed by atoms with Crippen LogP contribution in [0.3, 0.4) is 0 Å². The van der Waals surface area contributed by atoms with Crippen LogP contribution in [0.2, 0.25) is 0 Å². The first kappa shape index (κ1) is 20.0. The second-order valence-electron chi connectivity index (χ2n) is 7.70. The van der Waals surface area contributed by atoms with Crippen molar-refractivity contribution in [1.82, 2.24) is 25.2 Å². The second kappa shape index (κ2) is 9.05. The zero-order valence-corrected chi connectivity index (χ0v) is 17.7. The van der Waals surface area contributed by atoms with Gasteiger partial charge in [0.2, 0.25) is 5.89 Å². The molecule has 30 heavy (non-hydrogen) atoms. The molecule has 0 spiro atoms. The lowest BCUT2D eigenvalue weighted by atomic mass is 9.91. The molecule has 4 aromatic rings. The zero-order valence-electron chi connectivity index (χ0n) is 17.7. The van der Waals surface area contributed by atoms with Crippen molar-refractivity contribution in [2.24, 2.45) is 0 Å². The van der Waals surface area contributed by atoms with E-state index in [9.17, 15) is 0 Å². The molecule has 2 aromatic heterocycles. The van der Waals surface area contributed by atoms with Gasteiger partial charge in [-0.2, -0.15) is 10.1 Å². The molecule has 0 atom stereocenters. The molecule has 0 aliphatic carbocycles. The second-order valence-corrected chi connectivity index (χ2v) is 7.70. The summed E-state index contributed by atoms with van der Waals surface area (Å²) < 4.78 is 5.62. The van der Waals surface area contributed by atoms with Gasteiger partial charge in [0.1, 0.15) is 0 Å². The number of nitrogens with zero attached hydrogens (tertiary/aromatic N) is 4. The molecule has 0 unspecified atom stereocenters. The highest BCUT2D eigenvalue weighted by atomic mass is 16.5. The fourth-order valence-electron chi connectivity index (χ4n) is 3.79. The lowest BCUT2D eigenvalue weighted by Crippen LogP contribution is -2.21. The van der Waals surface area contributed by atoms with E-state index < -0.39 is 0 Å². The summed E-state index contributed by atoms with van der Waals surface area (Å²) >= 11 is 0. The molecular weight excluding hydrogens is 374 g/mol. The van der Waals surface area contributed by atoms with Crippen molar-refractivity contribution in [3.05, 3.63) is 100 Å². The molecule has 0 radical (unpaired) electrons. The maximum absolute atomic E-state index is 5.62. The molecule has 0 saturated carbocycles. The highest BCUT2D eigenvalue weighted by Crippen LogP contribution is 2.29. The molecule has 1 N–H and O–H groups in total. The van der Waals surface area contributed by atoms with Gasteiger partial charge in [-0.3, -0.25) is 10.00 Å². The number of benzene rings is 2. The van der Waals surface area contributed by atoms with E-state index in [4.69, 9.17) is 9.51 Å². The number of aryl methyl sites for hydroxylation is 2. The Balaban J connectivity index is 1.49. The summed E-state index contributed by atoms with van der Waals surface area (Å²) in [5, 5.41) is 11.7. The summed E-state index contributed by atoms with van der Waals surface area (Å²) in [4.78, 5) is 6.94. The van der Waals surface area contributed by atoms with Crippen LogP contribution < -0.4 is 0 Å². The van der Waals surface area contributed by atoms with Gasteiger partial charge in [-0.05, 0) is 44.0 Å². The molecule has 4 rings (SSSR count). The third kappa shape index (κ3) is 4.49. The van der Waals surface area contributed by atoms with Crippen molar-refractivity contribution < 1.29 is 4.52 Å². The van der Waals surface area contributed by atoms with Crippen molar-refractivity contribution in [3.8, 4) is 0 Å². The summed E-state index contributed by atoms with van der Waals surface area (Å²) in [6, 6.07) is 20.6. The topological polar surface area (TPSA) is 70.8 Å². The number of rotatable bonds is 8. The first-order valence-electron chi connectivity index (χ1n) is 10.2. The van der Waals surface area contributed by atoms with Gasteiger partial charge in [-0.15, -0.1) is 0 Å². The van der Waals surface area contributed by atoms with Gasteiger partial charge >= 0.3 is 0 Å². The first-order valence-corrected chi connectivity index (χ1v) is 10.2. The van der Waals surface area contributed by atoms with Crippen LogP contribution >= 0.6 is 0 Å². The quantitative estimate of drug-likeness (QED) is 0.478. The Kier molecular flexibility index (Phi) is 6.05. The molecule has 6 heteroatoms. The third-order valence-corrected chi connectivity index (χ3v) is 5.44. The van der Waals surface area contributed by atoms with Gasteiger partial charge in [0, 0.05) is 12.2 Å². The molecule has 6 nitrogen and oxygen atoms in total. The Hall–Kier alpha value is -3.25. The highest BCUT2D eigenvalue weighted by Gasteiger charge is 2.22. The Labute approximate surface area is 176 Å². The fraction of sp³-hybridized carbons (Fsp3) is 0.292. The molecule has 0 fully saturated rings. The van der Waals surface area contributed by atoms with Gasteiger partial charge < -0.3 is 4.52 Å². The summed E-state index contributed by atoms with van der Waals surface area (Å²) in [5.74, 6) is 1.27. The highest BCUT2D eigenvalue weighted by molar-refractivity contribution is 5.37. The van der Waals surface area contributed by atoms with Crippen LogP contribution in [0, 0.1) is 13.8 Å². The van der Waals surface area contributed by atoms with Crippen molar-refractivity contribution >= 4 is 0 Å². The third-order valence-electron chi connectivity index (χ3n) is 5.44. The van der Waals surface area contributed by atoms with Crippen molar-refractivity contribution in [1.29, 1.82) is 0 Å². The Bertz CT molecular complexity index is 1010. The molecular formula is C24H27N5O. The van der Waals surface area contributed by atoms with E-state index in [1.165, 1.54) is 5.56 Å². The van der Waals surface area contributed by atoms with Crippen LogP contribution in [0.1, 0.15) is 45.7 Å². The Morgan fingerprint density at radius 3 is 2.17 bits per heavy atom. The van der Waals surface area contributed by atoms with Gasteiger partial charge in [-0.25, -0.2) is 0 Å². The lowest BCUT2D eigenvalue weighted by Gasteiger charge is -2.15. The Morgan fingerprint density at radius 2 is 1.60 bits per heavy atom. The monoisotopic (exact) mass is 401 g/mol. The summed E-state index contributed by atoms with van der Waals surface area (Å²) in [6.45, 7) is 5.60. The van der Waals surface area contributed by atoms with Crippen molar-refractivity contribution in [3.63, 3.8) is 0 Å². The maximum atomic E-state index is 5.62. The van der Waals surface area contributed by atoms with E-state index in [2.05, 4.69) is 58.5 Å². The van der Waals surface area contributed by atoms with Gasteiger partial charge in [0.25, 0.3) is 0 Å². The average Bonchev–Trinajstić information content (AvgIpc) is 3.34. The van der Waals surface area contributed by atoms with Gasteiger partial charge in [0.15, 0.2) is 5.82 Å². The number of nitrogens with one attached hydrogen (secondary N) is 1. The average molecular weight is 402 g/mol.